The van der Waals surface area contributed by atoms with Gasteiger partial charge >= 0.3 is 0 Å². The van der Waals surface area contributed by atoms with E-state index in [1.165, 1.54) is 11.8 Å². The molecule has 0 atom stereocenters. The molecule has 0 bridgehead atoms. The molecule has 0 radical (unpaired) electrons. The van der Waals surface area contributed by atoms with E-state index in [2.05, 4.69) is 25.4 Å². The van der Waals surface area contributed by atoms with Crippen LogP contribution in [0.15, 0.2) is 23.6 Å². The zero-order valence-corrected chi connectivity index (χ0v) is 11.0. The van der Waals surface area contributed by atoms with Gasteiger partial charge in [0.15, 0.2) is 5.16 Å². The highest BCUT2D eigenvalue weighted by atomic mass is 32.2. The average molecular weight is 262 g/mol. The molecule has 2 aromatic rings. The molecule has 0 fully saturated rings. The summed E-state index contributed by atoms with van der Waals surface area (Å²) in [4.78, 5) is 17.0. The highest BCUT2D eigenvalue weighted by molar-refractivity contribution is 7.98. The summed E-state index contributed by atoms with van der Waals surface area (Å²) in [6, 6.07) is 1.79. The number of thioether (sulfide) groups is 1. The van der Waals surface area contributed by atoms with Crippen LogP contribution in [0.1, 0.15) is 17.1 Å². The van der Waals surface area contributed by atoms with Crippen LogP contribution in [-0.2, 0) is 5.75 Å². The summed E-state index contributed by atoms with van der Waals surface area (Å²) in [5, 5.41) is 0.716. The summed E-state index contributed by atoms with van der Waals surface area (Å²) in [7, 11) is 0. The van der Waals surface area contributed by atoms with Crippen LogP contribution in [0.2, 0.25) is 0 Å². The second kappa shape index (κ2) is 5.74. The lowest BCUT2D eigenvalue weighted by Gasteiger charge is -2.04. The number of nitrogen functional groups attached to an aromatic ring is 1. The number of rotatable bonds is 4. The quantitative estimate of drug-likeness (QED) is 0.373. The standard InChI is InChI=1S/C11H14N6S/c1-7-4-13-11(14-5-7)18-6-10-15-8(2)3-9(16-10)17-12/h3-5H,6,12H2,1-2H3,(H,15,16,17). The third-order valence-electron chi connectivity index (χ3n) is 2.14. The fourth-order valence-electron chi connectivity index (χ4n) is 1.35. The first kappa shape index (κ1) is 12.7. The van der Waals surface area contributed by atoms with Gasteiger partial charge < -0.3 is 5.43 Å². The Morgan fingerprint density at radius 3 is 2.61 bits per heavy atom. The second-order valence-corrected chi connectivity index (χ2v) is 4.73. The van der Waals surface area contributed by atoms with Crippen LogP contribution in [0.4, 0.5) is 5.82 Å². The molecule has 0 saturated carbocycles. The van der Waals surface area contributed by atoms with E-state index in [-0.39, 0.29) is 0 Å². The van der Waals surface area contributed by atoms with Gasteiger partial charge in [0, 0.05) is 24.2 Å². The molecule has 0 amide bonds. The molecule has 0 aliphatic rings. The Morgan fingerprint density at radius 2 is 1.94 bits per heavy atom. The smallest absolute Gasteiger partial charge is 0.187 e. The van der Waals surface area contributed by atoms with E-state index in [9.17, 15) is 0 Å². The third kappa shape index (κ3) is 3.38. The minimum atomic E-state index is 0.611. The Bertz CT molecular complexity index is 528. The maximum atomic E-state index is 5.34. The zero-order valence-electron chi connectivity index (χ0n) is 10.2. The fraction of sp³-hybridized carbons (Fsp3) is 0.273. The summed E-state index contributed by atoms with van der Waals surface area (Å²) in [6.45, 7) is 3.86. The normalized spacial score (nSPS) is 10.4. The highest BCUT2D eigenvalue weighted by Crippen LogP contribution is 2.17. The first-order valence-corrected chi connectivity index (χ1v) is 6.38. The summed E-state index contributed by atoms with van der Waals surface area (Å²) in [5.74, 6) is 7.27. The number of aryl methyl sites for hydroxylation is 2. The van der Waals surface area contributed by atoms with Crippen LogP contribution in [0.25, 0.3) is 0 Å². The van der Waals surface area contributed by atoms with E-state index < -0.39 is 0 Å². The van der Waals surface area contributed by atoms with E-state index in [1.807, 2.05) is 13.8 Å². The third-order valence-corrected chi connectivity index (χ3v) is 3.01. The summed E-state index contributed by atoms with van der Waals surface area (Å²) < 4.78 is 0. The van der Waals surface area contributed by atoms with Crippen molar-refractivity contribution >= 4 is 17.6 Å². The molecule has 2 rings (SSSR count). The minimum Gasteiger partial charge on any atom is -0.308 e. The second-order valence-electron chi connectivity index (χ2n) is 3.79. The first-order chi connectivity index (χ1) is 8.67. The Labute approximate surface area is 109 Å². The minimum absolute atomic E-state index is 0.611. The van der Waals surface area contributed by atoms with Gasteiger partial charge in [-0.05, 0) is 19.4 Å². The van der Waals surface area contributed by atoms with Crippen LogP contribution in [-0.4, -0.2) is 19.9 Å². The molecule has 2 aromatic heterocycles. The van der Waals surface area contributed by atoms with Crippen molar-refractivity contribution in [3.63, 3.8) is 0 Å². The van der Waals surface area contributed by atoms with Gasteiger partial charge in [0.1, 0.15) is 11.6 Å². The Morgan fingerprint density at radius 1 is 1.22 bits per heavy atom. The molecule has 0 aromatic carbocycles. The number of aromatic nitrogens is 4. The molecule has 94 valence electrons. The number of hydrogen-bond donors (Lipinski definition) is 2. The van der Waals surface area contributed by atoms with Crippen molar-refractivity contribution in [1.29, 1.82) is 0 Å². The largest absolute Gasteiger partial charge is 0.308 e. The molecule has 2 heterocycles. The van der Waals surface area contributed by atoms with Gasteiger partial charge in [-0.3, -0.25) is 0 Å². The maximum Gasteiger partial charge on any atom is 0.187 e. The lowest BCUT2D eigenvalue weighted by molar-refractivity contribution is 0.939. The molecule has 0 aliphatic heterocycles. The molecular weight excluding hydrogens is 248 g/mol. The number of hydrogen-bond acceptors (Lipinski definition) is 7. The van der Waals surface area contributed by atoms with Crippen molar-refractivity contribution in [3.8, 4) is 0 Å². The van der Waals surface area contributed by atoms with Crippen LogP contribution >= 0.6 is 11.8 Å². The zero-order chi connectivity index (χ0) is 13.0. The van der Waals surface area contributed by atoms with Crippen molar-refractivity contribution < 1.29 is 0 Å². The maximum absolute atomic E-state index is 5.34. The van der Waals surface area contributed by atoms with Crippen LogP contribution in [0, 0.1) is 13.8 Å². The molecule has 0 unspecified atom stereocenters. The van der Waals surface area contributed by atoms with Gasteiger partial charge in [-0.25, -0.2) is 25.8 Å². The number of hydrazine groups is 1. The van der Waals surface area contributed by atoms with Crippen LogP contribution < -0.4 is 11.3 Å². The fourth-order valence-corrected chi connectivity index (χ4v) is 1.99. The average Bonchev–Trinajstić information content (AvgIpc) is 2.37. The SMILES string of the molecule is Cc1cnc(SCc2nc(C)cc(NN)n2)nc1. The van der Waals surface area contributed by atoms with Gasteiger partial charge in [-0.15, -0.1) is 0 Å². The summed E-state index contributed by atoms with van der Waals surface area (Å²) in [6.07, 6.45) is 3.58. The van der Waals surface area contributed by atoms with Crippen molar-refractivity contribution in [2.24, 2.45) is 5.84 Å². The summed E-state index contributed by atoms with van der Waals surface area (Å²) in [5.41, 5.74) is 4.44. The van der Waals surface area contributed by atoms with Crippen molar-refractivity contribution in [2.75, 3.05) is 5.43 Å². The molecule has 7 heteroatoms. The van der Waals surface area contributed by atoms with Gasteiger partial charge in [-0.2, -0.15) is 0 Å². The van der Waals surface area contributed by atoms with Crippen molar-refractivity contribution in [3.05, 3.63) is 35.5 Å². The number of nitrogens with one attached hydrogen (secondary N) is 1. The number of nitrogens with two attached hydrogens (primary N) is 1. The molecule has 0 saturated heterocycles. The van der Waals surface area contributed by atoms with E-state index in [1.54, 1.807) is 18.5 Å². The van der Waals surface area contributed by atoms with E-state index in [4.69, 9.17) is 5.84 Å². The number of anilines is 1. The number of nitrogens with zero attached hydrogens (tertiary/aromatic N) is 4. The van der Waals surface area contributed by atoms with E-state index in [0.29, 0.717) is 22.6 Å². The van der Waals surface area contributed by atoms with Crippen LogP contribution in [0.3, 0.4) is 0 Å². The van der Waals surface area contributed by atoms with Gasteiger partial charge in [-0.1, -0.05) is 11.8 Å². The van der Waals surface area contributed by atoms with E-state index >= 15 is 0 Å². The Kier molecular flexibility index (Phi) is 4.06. The molecular formula is C11H14N6S. The topological polar surface area (TPSA) is 89.6 Å². The molecule has 0 aliphatic carbocycles. The summed E-state index contributed by atoms with van der Waals surface area (Å²) >= 11 is 1.49. The monoisotopic (exact) mass is 262 g/mol. The van der Waals surface area contributed by atoms with Crippen LogP contribution in [0.5, 0.6) is 0 Å². The molecule has 18 heavy (non-hydrogen) atoms. The van der Waals surface area contributed by atoms with Gasteiger partial charge in [0.25, 0.3) is 0 Å². The highest BCUT2D eigenvalue weighted by Gasteiger charge is 2.04. The van der Waals surface area contributed by atoms with Gasteiger partial charge in [0.05, 0.1) is 5.75 Å². The van der Waals surface area contributed by atoms with Crippen molar-refractivity contribution in [2.45, 2.75) is 24.8 Å². The Hall–Kier alpha value is -1.73. The van der Waals surface area contributed by atoms with Gasteiger partial charge in [0.2, 0.25) is 0 Å². The predicted octanol–water partition coefficient (Wildman–Crippen LogP) is 1.46. The van der Waals surface area contributed by atoms with E-state index in [0.717, 1.165) is 11.3 Å². The lowest BCUT2D eigenvalue weighted by Crippen LogP contribution is -2.10. The Balaban J connectivity index is 2.05. The molecule has 3 N–H and O–H groups in total. The predicted molar refractivity (Wildman–Crippen MR) is 70.9 cm³/mol. The molecule has 6 nitrogen and oxygen atoms in total. The lowest BCUT2D eigenvalue weighted by atomic mass is 10.4. The molecule has 0 spiro atoms. The first-order valence-electron chi connectivity index (χ1n) is 5.40. The van der Waals surface area contributed by atoms with Crippen molar-refractivity contribution in [1.82, 2.24) is 19.9 Å².